The fraction of sp³-hybridized carbons (Fsp3) is 0.556. The van der Waals surface area contributed by atoms with Crippen molar-refractivity contribution in [2.75, 3.05) is 23.7 Å². The van der Waals surface area contributed by atoms with E-state index in [0.29, 0.717) is 5.82 Å². The Morgan fingerprint density at radius 2 is 2.06 bits per heavy atom. The molecule has 0 saturated carbocycles. The molecular formula is C9H17N4O4S+. The van der Waals surface area contributed by atoms with Gasteiger partial charge < -0.3 is 10.6 Å². The largest absolute Gasteiger partial charge is 0.476 e. The second-order valence-corrected chi connectivity index (χ2v) is 4.56. The molecule has 102 valence electrons. The van der Waals surface area contributed by atoms with Gasteiger partial charge in [-0.25, -0.2) is 4.28 Å². The van der Waals surface area contributed by atoms with Gasteiger partial charge in [0.05, 0.1) is 6.07 Å². The number of nitrogens with two attached hydrogens (primary N) is 1. The molecule has 0 fully saturated rings. The average Bonchev–Trinajstić information content (AvgIpc) is 2.24. The van der Waals surface area contributed by atoms with Crippen molar-refractivity contribution in [3.63, 3.8) is 0 Å². The van der Waals surface area contributed by atoms with E-state index in [1.807, 2.05) is 18.7 Å². The number of aryl methyl sites for hydroxylation is 1. The normalized spacial score (nSPS) is 11.3. The highest BCUT2D eigenvalue weighted by atomic mass is 32.3. The zero-order chi connectivity index (χ0) is 13.9. The zero-order valence-corrected chi connectivity index (χ0v) is 11.3. The maximum Gasteiger partial charge on any atom is 0.476 e. The van der Waals surface area contributed by atoms with Gasteiger partial charge in [-0.3, -0.25) is 4.55 Å². The molecule has 0 aromatic carbocycles. The summed E-state index contributed by atoms with van der Waals surface area (Å²) in [7, 11) is -4.64. The molecule has 1 aromatic heterocycles. The molecule has 0 spiro atoms. The van der Waals surface area contributed by atoms with E-state index in [0.717, 1.165) is 17.8 Å². The first-order valence-corrected chi connectivity index (χ1v) is 6.76. The minimum atomic E-state index is -4.64. The molecule has 3 N–H and O–H groups in total. The smallest absolute Gasteiger partial charge is 0.343 e. The Morgan fingerprint density at radius 3 is 2.44 bits per heavy atom. The first kappa shape index (κ1) is 14.5. The van der Waals surface area contributed by atoms with Crippen molar-refractivity contribution in [2.24, 2.45) is 0 Å². The number of hydrogen-bond acceptors (Lipinski definition) is 6. The van der Waals surface area contributed by atoms with E-state index in [1.165, 1.54) is 13.0 Å². The van der Waals surface area contributed by atoms with Crippen molar-refractivity contribution in [1.29, 1.82) is 0 Å². The first-order chi connectivity index (χ1) is 8.28. The third kappa shape index (κ3) is 3.44. The fourth-order valence-corrected chi connectivity index (χ4v) is 1.90. The van der Waals surface area contributed by atoms with E-state index in [9.17, 15) is 8.42 Å². The minimum absolute atomic E-state index is 0.0297. The molecule has 1 heterocycles. The van der Waals surface area contributed by atoms with Crippen LogP contribution >= 0.6 is 0 Å². The molecule has 18 heavy (non-hydrogen) atoms. The molecule has 0 saturated heterocycles. The van der Waals surface area contributed by atoms with Crippen LogP contribution in [0.25, 0.3) is 0 Å². The van der Waals surface area contributed by atoms with Crippen LogP contribution in [0.15, 0.2) is 6.07 Å². The standard InChI is InChI=1S/C9H16N4O4S/c1-4-12(5-2)9-6-8(10)13(7(3)11-9)17-18(14,15)16/h6,10H,4-5H2,1-3H3,(H,14,15,16)/p+1. The highest BCUT2D eigenvalue weighted by Gasteiger charge is 2.21. The number of nitrogens with zero attached hydrogens (tertiary/aromatic N) is 3. The maximum atomic E-state index is 10.7. The monoisotopic (exact) mass is 277 g/mol. The van der Waals surface area contributed by atoms with E-state index < -0.39 is 10.4 Å². The zero-order valence-electron chi connectivity index (χ0n) is 10.5. The predicted molar refractivity (Wildman–Crippen MR) is 65.3 cm³/mol. The molecule has 0 atom stereocenters. The second kappa shape index (κ2) is 5.36. The summed E-state index contributed by atoms with van der Waals surface area (Å²) in [5.74, 6) is 0.863. The fourth-order valence-electron chi connectivity index (χ4n) is 1.52. The summed E-state index contributed by atoms with van der Waals surface area (Å²) < 4.78 is 35.0. The SMILES string of the molecule is CCN(CC)c1cc(N)[n+](OS(=O)(=O)O)c(C)n1. The van der Waals surface area contributed by atoms with Crippen LogP contribution in [0.4, 0.5) is 11.6 Å². The van der Waals surface area contributed by atoms with Crippen LogP contribution in [-0.2, 0) is 10.4 Å². The molecule has 0 unspecified atom stereocenters. The van der Waals surface area contributed by atoms with E-state index in [1.54, 1.807) is 0 Å². The lowest BCUT2D eigenvalue weighted by atomic mass is 10.4. The van der Waals surface area contributed by atoms with Crippen LogP contribution in [-0.4, -0.2) is 31.0 Å². The number of nitrogen functional groups attached to an aromatic ring is 1. The van der Waals surface area contributed by atoms with Crippen molar-refractivity contribution in [3.8, 4) is 0 Å². The molecule has 0 bridgehead atoms. The Bertz CT molecular complexity index is 504. The van der Waals surface area contributed by atoms with Gasteiger partial charge in [0.15, 0.2) is 0 Å². The van der Waals surface area contributed by atoms with Crippen molar-refractivity contribution >= 4 is 22.0 Å². The van der Waals surface area contributed by atoms with Crippen LogP contribution in [0.2, 0.25) is 0 Å². The highest BCUT2D eigenvalue weighted by molar-refractivity contribution is 7.80. The molecule has 0 aliphatic heterocycles. The van der Waals surface area contributed by atoms with Crippen LogP contribution in [0.5, 0.6) is 0 Å². The lowest BCUT2D eigenvalue weighted by molar-refractivity contribution is -0.852. The second-order valence-electron chi connectivity index (χ2n) is 3.56. The number of rotatable bonds is 5. The summed E-state index contributed by atoms with van der Waals surface area (Å²) in [6, 6.07) is 1.48. The molecule has 0 amide bonds. The molecule has 0 radical (unpaired) electrons. The number of anilines is 2. The molecule has 0 aliphatic carbocycles. The summed E-state index contributed by atoms with van der Waals surface area (Å²) >= 11 is 0. The summed E-state index contributed by atoms with van der Waals surface area (Å²) in [6.45, 7) is 6.94. The lowest BCUT2D eigenvalue weighted by Crippen LogP contribution is -2.51. The maximum absolute atomic E-state index is 10.7. The van der Waals surface area contributed by atoms with E-state index in [2.05, 4.69) is 9.27 Å². The van der Waals surface area contributed by atoms with Gasteiger partial charge in [0.25, 0.3) is 11.6 Å². The van der Waals surface area contributed by atoms with Gasteiger partial charge in [0.1, 0.15) is 0 Å². The molecular weight excluding hydrogens is 260 g/mol. The topological polar surface area (TPSA) is 110 Å². The average molecular weight is 277 g/mol. The minimum Gasteiger partial charge on any atom is -0.343 e. The van der Waals surface area contributed by atoms with Gasteiger partial charge >= 0.3 is 10.4 Å². The third-order valence-electron chi connectivity index (χ3n) is 2.34. The van der Waals surface area contributed by atoms with Gasteiger partial charge in [-0.2, -0.15) is 8.42 Å². The molecule has 8 nitrogen and oxygen atoms in total. The van der Waals surface area contributed by atoms with Crippen LogP contribution in [0.1, 0.15) is 19.7 Å². The summed E-state index contributed by atoms with van der Waals surface area (Å²) in [5.41, 5.74) is 5.67. The predicted octanol–water partition coefficient (Wildman–Crippen LogP) is -0.663. The van der Waals surface area contributed by atoms with Crippen LogP contribution in [0, 0.1) is 6.92 Å². The third-order valence-corrected chi connectivity index (χ3v) is 2.68. The van der Waals surface area contributed by atoms with Gasteiger partial charge in [-0.1, -0.05) is 4.98 Å². The Hall–Kier alpha value is -1.61. The van der Waals surface area contributed by atoms with Crippen LogP contribution in [0.3, 0.4) is 0 Å². The summed E-state index contributed by atoms with van der Waals surface area (Å²) in [5, 5.41) is 0. The number of hydrogen-bond donors (Lipinski definition) is 2. The van der Waals surface area contributed by atoms with E-state index >= 15 is 0 Å². The number of aromatic nitrogens is 2. The molecule has 9 heteroatoms. The van der Waals surface area contributed by atoms with Crippen molar-refractivity contribution in [2.45, 2.75) is 20.8 Å². The highest BCUT2D eigenvalue weighted by Crippen LogP contribution is 2.12. The Kier molecular flexibility index (Phi) is 4.30. The molecule has 0 aliphatic rings. The quantitative estimate of drug-likeness (QED) is 0.543. The molecule has 1 rings (SSSR count). The van der Waals surface area contributed by atoms with Crippen molar-refractivity contribution in [3.05, 3.63) is 11.9 Å². The van der Waals surface area contributed by atoms with Gasteiger partial charge in [0, 0.05) is 20.0 Å². The lowest BCUT2D eigenvalue weighted by Gasteiger charge is -2.17. The van der Waals surface area contributed by atoms with Crippen molar-refractivity contribution < 1.29 is 22.0 Å². The van der Waals surface area contributed by atoms with Crippen LogP contribution < -0.4 is 19.6 Å². The Balaban J connectivity index is 3.20. The van der Waals surface area contributed by atoms with Gasteiger partial charge in [-0.15, -0.1) is 0 Å². The van der Waals surface area contributed by atoms with Gasteiger partial charge in [-0.05, 0) is 18.6 Å². The van der Waals surface area contributed by atoms with Crippen molar-refractivity contribution in [1.82, 2.24) is 4.98 Å². The summed E-state index contributed by atoms with van der Waals surface area (Å²) in [4.78, 5) is 6.11. The summed E-state index contributed by atoms with van der Waals surface area (Å²) in [6.07, 6.45) is 0. The van der Waals surface area contributed by atoms with E-state index in [-0.39, 0.29) is 11.6 Å². The van der Waals surface area contributed by atoms with Gasteiger partial charge in [0.2, 0.25) is 5.82 Å². The van der Waals surface area contributed by atoms with E-state index in [4.69, 9.17) is 10.3 Å². The Labute approximate surface area is 106 Å². The first-order valence-electron chi connectivity index (χ1n) is 5.40. The molecule has 1 aromatic rings. The Morgan fingerprint density at radius 1 is 1.50 bits per heavy atom.